The Bertz CT molecular complexity index is 742. The lowest BCUT2D eigenvalue weighted by molar-refractivity contribution is -0.138. The molecular formula is C17H12Br2O3. The Morgan fingerprint density at radius 1 is 1.18 bits per heavy atom. The summed E-state index contributed by atoms with van der Waals surface area (Å²) in [4.78, 5) is 36.2. The van der Waals surface area contributed by atoms with E-state index in [1.807, 2.05) is 31.2 Å². The van der Waals surface area contributed by atoms with Gasteiger partial charge < -0.3 is 0 Å². The van der Waals surface area contributed by atoms with Crippen LogP contribution in [0.5, 0.6) is 0 Å². The van der Waals surface area contributed by atoms with Gasteiger partial charge in [0.25, 0.3) is 0 Å². The normalized spacial score (nSPS) is 19.0. The van der Waals surface area contributed by atoms with Crippen molar-refractivity contribution in [3.8, 4) is 0 Å². The van der Waals surface area contributed by atoms with Crippen LogP contribution in [0, 0.1) is 12.8 Å². The van der Waals surface area contributed by atoms with Gasteiger partial charge in [-0.15, -0.1) is 0 Å². The maximum atomic E-state index is 12.3. The van der Waals surface area contributed by atoms with Crippen LogP contribution in [0.3, 0.4) is 0 Å². The highest BCUT2D eigenvalue weighted by molar-refractivity contribution is 9.12. The van der Waals surface area contributed by atoms with Crippen LogP contribution in [-0.4, -0.2) is 17.3 Å². The summed E-state index contributed by atoms with van der Waals surface area (Å²) in [5.41, 5.74) is 1.92. The molecule has 0 saturated heterocycles. The minimum atomic E-state index is -1.10. The van der Waals surface area contributed by atoms with Gasteiger partial charge in [0, 0.05) is 4.48 Å². The standard InChI is InChI=1S/C17H12Br2O3/c1-10-4-2-3-5-11(10)6-7-15(20)13-8-12(18)9-14(19)17(22)16(13)21/h2-9,13H,1H3/b7-6+. The molecule has 5 heteroatoms. The molecule has 0 N–H and O–H groups in total. The third-order valence-corrected chi connectivity index (χ3v) is 4.32. The van der Waals surface area contributed by atoms with Crippen molar-refractivity contribution in [2.24, 2.45) is 5.92 Å². The molecule has 0 heterocycles. The summed E-state index contributed by atoms with van der Waals surface area (Å²) in [7, 11) is 0. The smallest absolute Gasteiger partial charge is 0.236 e. The molecule has 0 aliphatic heterocycles. The zero-order valence-electron chi connectivity index (χ0n) is 11.7. The van der Waals surface area contributed by atoms with Crippen molar-refractivity contribution in [1.82, 2.24) is 0 Å². The molecule has 2 rings (SSSR count). The molecule has 0 aromatic heterocycles. The zero-order valence-corrected chi connectivity index (χ0v) is 14.8. The molecule has 1 aliphatic carbocycles. The number of hydrogen-bond acceptors (Lipinski definition) is 3. The Balaban J connectivity index is 2.26. The molecule has 1 aliphatic rings. The molecule has 112 valence electrons. The van der Waals surface area contributed by atoms with Crippen molar-refractivity contribution in [3.05, 3.63) is 62.6 Å². The zero-order chi connectivity index (χ0) is 16.3. The predicted molar refractivity (Wildman–Crippen MR) is 92.7 cm³/mol. The summed E-state index contributed by atoms with van der Waals surface area (Å²) in [6.45, 7) is 1.93. The van der Waals surface area contributed by atoms with Crippen LogP contribution >= 0.6 is 31.9 Å². The molecule has 1 aromatic rings. The fourth-order valence-electron chi connectivity index (χ4n) is 1.99. The number of benzene rings is 1. The Hall–Kier alpha value is -1.59. The first-order valence-electron chi connectivity index (χ1n) is 6.51. The second kappa shape index (κ2) is 7.11. The molecule has 0 amide bonds. The molecule has 22 heavy (non-hydrogen) atoms. The number of allylic oxidation sites excluding steroid dienone is 5. The Morgan fingerprint density at radius 2 is 1.86 bits per heavy atom. The quantitative estimate of drug-likeness (QED) is 0.420. The summed E-state index contributed by atoms with van der Waals surface area (Å²) in [5.74, 6) is -2.96. The number of ketones is 3. The lowest BCUT2D eigenvalue weighted by atomic mass is 9.95. The molecule has 0 spiro atoms. The van der Waals surface area contributed by atoms with E-state index in [1.165, 1.54) is 18.2 Å². The lowest BCUT2D eigenvalue weighted by Crippen LogP contribution is -2.27. The molecule has 1 aromatic carbocycles. The third-order valence-electron chi connectivity index (χ3n) is 3.24. The predicted octanol–water partition coefficient (Wildman–Crippen LogP) is 3.90. The van der Waals surface area contributed by atoms with Crippen molar-refractivity contribution in [3.63, 3.8) is 0 Å². The van der Waals surface area contributed by atoms with E-state index in [4.69, 9.17) is 0 Å². The van der Waals surface area contributed by atoms with Crippen molar-refractivity contribution >= 4 is 55.3 Å². The number of carbonyl (C=O) groups excluding carboxylic acids is 3. The molecule has 0 fully saturated rings. The average molecular weight is 424 g/mol. The molecule has 3 nitrogen and oxygen atoms in total. The second-order valence-electron chi connectivity index (χ2n) is 4.81. The summed E-state index contributed by atoms with van der Waals surface area (Å²) in [6.07, 6.45) is 5.91. The number of aryl methyl sites for hydroxylation is 1. The maximum Gasteiger partial charge on any atom is 0.236 e. The van der Waals surface area contributed by atoms with E-state index in [0.717, 1.165) is 11.1 Å². The minimum absolute atomic E-state index is 0.138. The SMILES string of the molecule is Cc1ccccc1/C=C/C(=O)C1C=C(Br)C=C(Br)C(=O)C1=O. The topological polar surface area (TPSA) is 51.2 Å². The van der Waals surface area contributed by atoms with Gasteiger partial charge >= 0.3 is 0 Å². The fraction of sp³-hybridized carbons (Fsp3) is 0.118. The van der Waals surface area contributed by atoms with Crippen molar-refractivity contribution in [2.75, 3.05) is 0 Å². The van der Waals surface area contributed by atoms with Crippen molar-refractivity contribution in [2.45, 2.75) is 6.92 Å². The van der Waals surface area contributed by atoms with Crippen LogP contribution in [-0.2, 0) is 14.4 Å². The Labute approximate surface area is 145 Å². The minimum Gasteiger partial charge on any atom is -0.294 e. The van der Waals surface area contributed by atoms with E-state index in [0.29, 0.717) is 4.48 Å². The summed E-state index contributed by atoms with van der Waals surface area (Å²) >= 11 is 6.26. The van der Waals surface area contributed by atoms with E-state index < -0.39 is 23.3 Å². The molecule has 0 radical (unpaired) electrons. The van der Waals surface area contributed by atoms with Gasteiger partial charge in [0.2, 0.25) is 11.6 Å². The van der Waals surface area contributed by atoms with Gasteiger partial charge in [-0.1, -0.05) is 52.3 Å². The van der Waals surface area contributed by atoms with Gasteiger partial charge in [0.15, 0.2) is 5.78 Å². The van der Waals surface area contributed by atoms with Crippen molar-refractivity contribution < 1.29 is 14.4 Å². The van der Waals surface area contributed by atoms with E-state index in [-0.39, 0.29) is 4.48 Å². The first kappa shape index (κ1) is 16.8. The van der Waals surface area contributed by atoms with E-state index >= 15 is 0 Å². The summed E-state index contributed by atoms with van der Waals surface area (Å²) in [6, 6.07) is 7.59. The second-order valence-corrected chi connectivity index (χ2v) is 6.58. The van der Waals surface area contributed by atoms with Crippen LogP contribution in [0.2, 0.25) is 0 Å². The molecule has 1 unspecified atom stereocenters. The molecule has 1 atom stereocenters. The summed E-state index contributed by atoms with van der Waals surface area (Å²) in [5, 5.41) is 0. The first-order chi connectivity index (χ1) is 10.4. The van der Waals surface area contributed by atoms with Gasteiger partial charge in [-0.2, -0.15) is 0 Å². The Kier molecular flexibility index (Phi) is 5.42. The number of rotatable bonds is 3. The number of hydrogen-bond donors (Lipinski definition) is 0. The highest BCUT2D eigenvalue weighted by Crippen LogP contribution is 2.24. The Morgan fingerprint density at radius 3 is 2.55 bits per heavy atom. The monoisotopic (exact) mass is 422 g/mol. The van der Waals surface area contributed by atoms with Crippen LogP contribution in [0.15, 0.2) is 51.5 Å². The molecule has 0 saturated carbocycles. The van der Waals surface area contributed by atoms with E-state index in [2.05, 4.69) is 31.9 Å². The van der Waals surface area contributed by atoms with Gasteiger partial charge in [-0.25, -0.2) is 0 Å². The highest BCUT2D eigenvalue weighted by Gasteiger charge is 2.31. The third kappa shape index (κ3) is 3.78. The van der Waals surface area contributed by atoms with Gasteiger partial charge in [-0.3, -0.25) is 14.4 Å². The van der Waals surface area contributed by atoms with Gasteiger partial charge in [0.05, 0.1) is 4.48 Å². The first-order valence-corrected chi connectivity index (χ1v) is 8.09. The van der Waals surface area contributed by atoms with Crippen LogP contribution in [0.4, 0.5) is 0 Å². The average Bonchev–Trinajstić information content (AvgIpc) is 2.58. The van der Waals surface area contributed by atoms with Gasteiger partial charge in [-0.05, 0) is 46.1 Å². The largest absolute Gasteiger partial charge is 0.294 e. The van der Waals surface area contributed by atoms with Crippen LogP contribution in [0.1, 0.15) is 11.1 Å². The molecular weight excluding hydrogens is 412 g/mol. The van der Waals surface area contributed by atoms with Crippen molar-refractivity contribution in [1.29, 1.82) is 0 Å². The number of Topliss-reactive ketones (excluding diaryl/α,β-unsaturated/α-hetero) is 2. The lowest BCUT2D eigenvalue weighted by Gasteiger charge is -2.05. The van der Waals surface area contributed by atoms with Crippen LogP contribution in [0.25, 0.3) is 6.08 Å². The fourth-order valence-corrected chi connectivity index (χ4v) is 3.23. The van der Waals surface area contributed by atoms with Crippen LogP contribution < -0.4 is 0 Å². The maximum absolute atomic E-state index is 12.3. The summed E-state index contributed by atoms with van der Waals surface area (Å²) < 4.78 is 0.653. The number of halogens is 2. The van der Waals surface area contributed by atoms with E-state index in [1.54, 1.807) is 6.08 Å². The van der Waals surface area contributed by atoms with Gasteiger partial charge in [0.1, 0.15) is 5.92 Å². The number of carbonyl (C=O) groups is 3. The van der Waals surface area contributed by atoms with E-state index in [9.17, 15) is 14.4 Å². The molecule has 0 bridgehead atoms. The highest BCUT2D eigenvalue weighted by atomic mass is 79.9.